The minimum atomic E-state index is 0.0147. The molecule has 0 radical (unpaired) electrons. The van der Waals surface area contributed by atoms with Crippen molar-refractivity contribution in [1.29, 1.82) is 0 Å². The van der Waals surface area contributed by atoms with E-state index in [0.717, 1.165) is 24.2 Å². The summed E-state index contributed by atoms with van der Waals surface area (Å²) < 4.78 is 7.85. The van der Waals surface area contributed by atoms with Gasteiger partial charge in [0.05, 0.1) is 36.8 Å². The highest BCUT2D eigenvalue weighted by Gasteiger charge is 2.37. The van der Waals surface area contributed by atoms with Crippen LogP contribution in [-0.4, -0.2) is 55.2 Å². The van der Waals surface area contributed by atoms with Crippen molar-refractivity contribution >= 4 is 5.91 Å². The van der Waals surface area contributed by atoms with Gasteiger partial charge in [0.2, 0.25) is 5.91 Å². The van der Waals surface area contributed by atoms with Crippen LogP contribution >= 0.6 is 0 Å². The summed E-state index contributed by atoms with van der Waals surface area (Å²) in [4.78, 5) is 14.3. The summed E-state index contributed by atoms with van der Waals surface area (Å²) in [6, 6.07) is 0.198. The molecule has 4 rings (SSSR count). The highest BCUT2D eigenvalue weighted by Crippen LogP contribution is 2.30. The number of ether oxygens (including phenoxy) is 1. The summed E-state index contributed by atoms with van der Waals surface area (Å²) in [6.45, 7) is 1.90. The number of H-pyrrole nitrogens is 1. The van der Waals surface area contributed by atoms with E-state index in [-0.39, 0.29) is 18.1 Å². The largest absolute Gasteiger partial charge is 0.368 e. The summed E-state index contributed by atoms with van der Waals surface area (Å²) in [7, 11) is 0. The zero-order valence-electron chi connectivity index (χ0n) is 12.2. The Kier molecular flexibility index (Phi) is 3.38. The molecule has 0 aliphatic carbocycles. The number of likely N-dealkylation sites (tertiary alicyclic amines) is 1. The molecule has 2 atom stereocenters. The Morgan fingerprint density at radius 1 is 1.45 bits per heavy atom. The van der Waals surface area contributed by atoms with Crippen molar-refractivity contribution < 1.29 is 9.53 Å². The Bertz CT molecular complexity index is 652. The van der Waals surface area contributed by atoms with Crippen LogP contribution in [0.15, 0.2) is 18.6 Å². The van der Waals surface area contributed by atoms with Gasteiger partial charge in [0.15, 0.2) is 0 Å². The molecule has 1 amide bonds. The lowest BCUT2D eigenvalue weighted by Crippen LogP contribution is -2.50. The minimum Gasteiger partial charge on any atom is -0.368 e. The number of nitrogens with one attached hydrogen (secondary N) is 1. The summed E-state index contributed by atoms with van der Waals surface area (Å²) in [6.07, 6.45) is 7.43. The number of carbonyl (C=O) groups excluding carboxylic acids is 1. The standard InChI is InChI=1S/C14H18N6O2/c21-14(2-1-10-5-15-16-6-10)19-4-3-12-13(8-19)22-9-11-7-17-18-20(11)12/h5-7,12-13H,1-4,8-9H2,(H,15,16)/t12-,13-/m0/s1. The molecule has 22 heavy (non-hydrogen) atoms. The number of fused-ring (bicyclic) bond motifs is 3. The van der Waals surface area contributed by atoms with Gasteiger partial charge >= 0.3 is 0 Å². The second kappa shape index (κ2) is 5.53. The van der Waals surface area contributed by atoms with Gasteiger partial charge in [0, 0.05) is 25.7 Å². The maximum absolute atomic E-state index is 12.4. The first-order valence-electron chi connectivity index (χ1n) is 7.57. The molecule has 116 valence electrons. The average Bonchev–Trinajstić information content (AvgIpc) is 3.23. The Morgan fingerprint density at radius 2 is 2.41 bits per heavy atom. The molecule has 0 aromatic carbocycles. The number of aryl methyl sites for hydroxylation is 1. The lowest BCUT2D eigenvalue weighted by Gasteiger charge is -2.41. The third kappa shape index (κ3) is 2.39. The molecule has 8 heteroatoms. The van der Waals surface area contributed by atoms with Crippen molar-refractivity contribution in [1.82, 2.24) is 30.1 Å². The monoisotopic (exact) mass is 302 g/mol. The predicted molar refractivity (Wildman–Crippen MR) is 75.7 cm³/mol. The van der Waals surface area contributed by atoms with Crippen LogP contribution in [0.4, 0.5) is 0 Å². The number of rotatable bonds is 3. The van der Waals surface area contributed by atoms with Crippen molar-refractivity contribution in [3.8, 4) is 0 Å². The lowest BCUT2D eigenvalue weighted by molar-refractivity contribution is -0.139. The molecule has 0 spiro atoms. The number of aromatic amines is 1. The maximum Gasteiger partial charge on any atom is 0.222 e. The first-order valence-corrected chi connectivity index (χ1v) is 7.57. The summed E-state index contributed by atoms with van der Waals surface area (Å²) in [5.41, 5.74) is 2.07. The predicted octanol–water partition coefficient (Wildman–Crippen LogP) is 0.306. The van der Waals surface area contributed by atoms with Gasteiger partial charge in [0.1, 0.15) is 0 Å². The zero-order valence-corrected chi connectivity index (χ0v) is 12.2. The van der Waals surface area contributed by atoms with Gasteiger partial charge in [-0.2, -0.15) is 5.10 Å². The fourth-order valence-corrected chi connectivity index (χ4v) is 3.24. The Balaban J connectivity index is 1.37. The van der Waals surface area contributed by atoms with Crippen LogP contribution in [0.2, 0.25) is 0 Å². The van der Waals surface area contributed by atoms with Crippen molar-refractivity contribution in [2.24, 2.45) is 0 Å². The van der Waals surface area contributed by atoms with E-state index in [4.69, 9.17) is 4.74 Å². The van der Waals surface area contributed by atoms with Crippen LogP contribution in [0, 0.1) is 0 Å². The molecule has 1 saturated heterocycles. The van der Waals surface area contributed by atoms with Crippen molar-refractivity contribution in [2.75, 3.05) is 13.1 Å². The molecule has 0 bridgehead atoms. The maximum atomic E-state index is 12.4. The van der Waals surface area contributed by atoms with Crippen LogP contribution in [0.3, 0.4) is 0 Å². The lowest BCUT2D eigenvalue weighted by atomic mass is 9.99. The molecule has 0 saturated carbocycles. The van der Waals surface area contributed by atoms with E-state index in [1.165, 1.54) is 0 Å². The van der Waals surface area contributed by atoms with E-state index < -0.39 is 0 Å². The fraction of sp³-hybridized carbons (Fsp3) is 0.571. The highest BCUT2D eigenvalue weighted by atomic mass is 16.5. The van der Waals surface area contributed by atoms with Crippen molar-refractivity contribution in [3.63, 3.8) is 0 Å². The smallest absolute Gasteiger partial charge is 0.222 e. The molecular formula is C14H18N6O2. The van der Waals surface area contributed by atoms with E-state index in [1.807, 2.05) is 15.8 Å². The molecule has 4 heterocycles. The van der Waals surface area contributed by atoms with Crippen LogP contribution in [0.1, 0.15) is 30.1 Å². The minimum absolute atomic E-state index is 0.0147. The summed E-state index contributed by atoms with van der Waals surface area (Å²) in [5, 5.41) is 14.8. The summed E-state index contributed by atoms with van der Waals surface area (Å²) >= 11 is 0. The van der Waals surface area contributed by atoms with Gasteiger partial charge in [-0.1, -0.05) is 5.21 Å². The fourth-order valence-electron chi connectivity index (χ4n) is 3.24. The Morgan fingerprint density at radius 3 is 3.27 bits per heavy atom. The van der Waals surface area contributed by atoms with Crippen LogP contribution in [0.25, 0.3) is 0 Å². The topological polar surface area (TPSA) is 88.9 Å². The zero-order chi connectivity index (χ0) is 14.9. The molecule has 2 aromatic heterocycles. The van der Waals surface area contributed by atoms with Crippen molar-refractivity contribution in [3.05, 3.63) is 29.8 Å². The van der Waals surface area contributed by atoms with Gasteiger partial charge in [-0.15, -0.1) is 5.10 Å². The molecule has 8 nitrogen and oxygen atoms in total. The Hall–Kier alpha value is -2.22. The molecule has 2 aromatic rings. The number of nitrogens with zero attached hydrogens (tertiary/aromatic N) is 5. The molecule has 2 aliphatic rings. The third-order valence-electron chi connectivity index (χ3n) is 4.47. The van der Waals surface area contributed by atoms with E-state index >= 15 is 0 Å². The van der Waals surface area contributed by atoms with Gasteiger partial charge in [0.25, 0.3) is 0 Å². The second-order valence-electron chi connectivity index (χ2n) is 5.82. The normalized spacial score (nSPS) is 23.9. The molecule has 1 N–H and O–H groups in total. The third-order valence-corrected chi connectivity index (χ3v) is 4.47. The highest BCUT2D eigenvalue weighted by molar-refractivity contribution is 5.76. The molecular weight excluding hydrogens is 284 g/mol. The Labute approximate surface area is 127 Å². The first-order chi connectivity index (χ1) is 10.8. The molecule has 1 fully saturated rings. The number of amides is 1. The number of carbonyl (C=O) groups is 1. The van der Waals surface area contributed by atoms with Crippen LogP contribution < -0.4 is 0 Å². The molecule has 0 unspecified atom stereocenters. The SMILES string of the molecule is O=C(CCc1cn[nH]c1)N1CC[C@H]2[C@H](C1)OCc1cnnn12. The van der Waals surface area contributed by atoms with Crippen molar-refractivity contribution in [2.45, 2.75) is 38.0 Å². The quantitative estimate of drug-likeness (QED) is 0.881. The van der Waals surface area contributed by atoms with Crippen LogP contribution in [0.5, 0.6) is 0 Å². The van der Waals surface area contributed by atoms with E-state index in [2.05, 4.69) is 20.5 Å². The number of hydrogen-bond acceptors (Lipinski definition) is 5. The van der Waals surface area contributed by atoms with Crippen LogP contribution in [-0.2, 0) is 22.6 Å². The summed E-state index contributed by atoms with van der Waals surface area (Å²) in [5.74, 6) is 0.174. The number of hydrogen-bond donors (Lipinski definition) is 1. The second-order valence-corrected chi connectivity index (χ2v) is 5.82. The average molecular weight is 302 g/mol. The van der Waals surface area contributed by atoms with E-state index in [9.17, 15) is 4.79 Å². The van der Waals surface area contributed by atoms with Gasteiger partial charge in [-0.05, 0) is 18.4 Å². The molecule has 2 aliphatic heterocycles. The number of aromatic nitrogens is 5. The van der Waals surface area contributed by atoms with Gasteiger partial charge in [-0.25, -0.2) is 4.68 Å². The van der Waals surface area contributed by atoms with E-state index in [1.54, 1.807) is 12.4 Å². The number of piperidine rings is 1. The van der Waals surface area contributed by atoms with E-state index in [0.29, 0.717) is 26.0 Å². The van der Waals surface area contributed by atoms with Gasteiger partial charge < -0.3 is 9.64 Å². The first kappa shape index (κ1) is 13.4. The van der Waals surface area contributed by atoms with Gasteiger partial charge in [-0.3, -0.25) is 9.89 Å².